The number of esters is 1. The highest BCUT2D eigenvalue weighted by molar-refractivity contribution is 5.91. The number of amides is 2. The van der Waals surface area contributed by atoms with E-state index in [0.29, 0.717) is 12.8 Å². The average Bonchev–Trinajstić information content (AvgIpc) is 3.08. The predicted octanol–water partition coefficient (Wildman–Crippen LogP) is 2.17. The van der Waals surface area contributed by atoms with Crippen LogP contribution in [0.25, 0.3) is 10.9 Å². The van der Waals surface area contributed by atoms with Crippen LogP contribution in [0.1, 0.15) is 32.3 Å². The number of hydrogen-bond acceptors (Lipinski definition) is 4. The Kier molecular flexibility index (Phi) is 7.61. The summed E-state index contributed by atoms with van der Waals surface area (Å²) in [4.78, 5) is 40.1. The number of H-pyrrole nitrogens is 1. The molecule has 1 unspecified atom stereocenters. The van der Waals surface area contributed by atoms with E-state index in [9.17, 15) is 14.4 Å². The quantitative estimate of drug-likeness (QED) is 0.574. The lowest BCUT2D eigenvalue weighted by Crippen LogP contribution is -2.49. The number of aromatic nitrogens is 1. The molecule has 3 N–H and O–H groups in total. The number of aromatic amines is 1. The third-order valence-electron chi connectivity index (χ3n) is 4.75. The normalized spacial score (nSPS) is 13.2. The van der Waals surface area contributed by atoms with Crippen LogP contribution in [0.2, 0.25) is 0 Å². The van der Waals surface area contributed by atoms with Gasteiger partial charge in [0.2, 0.25) is 11.8 Å². The second-order valence-corrected chi connectivity index (χ2v) is 7.35. The van der Waals surface area contributed by atoms with Gasteiger partial charge in [0.05, 0.1) is 13.5 Å². The van der Waals surface area contributed by atoms with E-state index in [-0.39, 0.29) is 24.2 Å². The molecule has 0 radical (unpaired) electrons. The number of carbonyl (C=O) groups excluding carboxylic acids is 3. The summed E-state index contributed by atoms with van der Waals surface area (Å²) in [7, 11) is 2.84. The number of methoxy groups -OCH3 is 1. The molecule has 7 heteroatoms. The summed E-state index contributed by atoms with van der Waals surface area (Å²) in [6, 6.07) is 7.07. The summed E-state index contributed by atoms with van der Waals surface area (Å²) in [5.74, 6) is -1.34. The second kappa shape index (κ2) is 9.92. The standard InChI is InChI=1S/C21H29N3O4/c1-13(2)9-14(11-19(25)28-4)20(26)24-18(21(27)22-3)10-15-12-23-17-8-6-5-7-16(15)17/h5-8,12-14,18,23H,9-11H2,1-4H3,(H,22,27)(H,24,26)/t14?,18-/m0/s1. The maximum absolute atomic E-state index is 12.8. The highest BCUT2D eigenvalue weighted by Gasteiger charge is 2.28. The van der Waals surface area contributed by atoms with Crippen molar-refractivity contribution in [2.45, 2.75) is 39.2 Å². The van der Waals surface area contributed by atoms with Crippen molar-refractivity contribution in [2.24, 2.45) is 11.8 Å². The van der Waals surface area contributed by atoms with Gasteiger partial charge < -0.3 is 20.4 Å². The fourth-order valence-corrected chi connectivity index (χ4v) is 3.33. The van der Waals surface area contributed by atoms with Gasteiger partial charge in [-0.25, -0.2) is 0 Å². The second-order valence-electron chi connectivity index (χ2n) is 7.35. The molecule has 2 amide bonds. The Morgan fingerprint density at radius 1 is 1.14 bits per heavy atom. The Labute approximate surface area is 165 Å². The van der Waals surface area contributed by atoms with E-state index in [4.69, 9.17) is 4.74 Å². The van der Waals surface area contributed by atoms with E-state index in [0.717, 1.165) is 16.5 Å². The van der Waals surface area contributed by atoms with Crippen LogP contribution in [0.3, 0.4) is 0 Å². The van der Waals surface area contributed by atoms with Gasteiger partial charge >= 0.3 is 5.97 Å². The van der Waals surface area contributed by atoms with Crippen molar-refractivity contribution in [3.8, 4) is 0 Å². The molecular weight excluding hydrogens is 358 g/mol. The lowest BCUT2D eigenvalue weighted by Gasteiger charge is -2.22. The zero-order valence-electron chi connectivity index (χ0n) is 16.9. The molecule has 0 aliphatic heterocycles. The third kappa shape index (κ3) is 5.58. The number of ether oxygens (including phenoxy) is 1. The van der Waals surface area contributed by atoms with Crippen molar-refractivity contribution in [1.29, 1.82) is 0 Å². The molecule has 0 saturated carbocycles. The summed E-state index contributed by atoms with van der Waals surface area (Å²) in [5.41, 5.74) is 1.92. The molecule has 2 aromatic rings. The van der Waals surface area contributed by atoms with Crippen LogP contribution in [0.15, 0.2) is 30.5 Å². The van der Waals surface area contributed by atoms with Crippen LogP contribution < -0.4 is 10.6 Å². The molecule has 1 aromatic carbocycles. The molecule has 2 atom stereocenters. The third-order valence-corrected chi connectivity index (χ3v) is 4.75. The minimum Gasteiger partial charge on any atom is -0.469 e. The van der Waals surface area contributed by atoms with E-state index in [1.54, 1.807) is 0 Å². The van der Waals surface area contributed by atoms with E-state index >= 15 is 0 Å². The molecule has 2 rings (SSSR count). The first-order valence-electron chi connectivity index (χ1n) is 9.49. The minimum absolute atomic E-state index is 0.00589. The zero-order chi connectivity index (χ0) is 20.7. The molecule has 0 fully saturated rings. The van der Waals surface area contributed by atoms with Crippen LogP contribution in [0, 0.1) is 11.8 Å². The van der Waals surface area contributed by atoms with E-state index in [2.05, 4.69) is 15.6 Å². The van der Waals surface area contributed by atoms with Gasteiger partial charge in [-0.1, -0.05) is 32.0 Å². The minimum atomic E-state index is -0.732. The van der Waals surface area contributed by atoms with Gasteiger partial charge in [-0.3, -0.25) is 14.4 Å². The van der Waals surface area contributed by atoms with Crippen molar-refractivity contribution in [3.63, 3.8) is 0 Å². The summed E-state index contributed by atoms with van der Waals surface area (Å²) in [6.45, 7) is 3.97. The smallest absolute Gasteiger partial charge is 0.306 e. The lowest BCUT2D eigenvalue weighted by molar-refractivity contribution is -0.144. The number of para-hydroxylation sites is 1. The molecule has 0 spiro atoms. The summed E-state index contributed by atoms with van der Waals surface area (Å²) >= 11 is 0. The highest BCUT2D eigenvalue weighted by atomic mass is 16.5. The van der Waals surface area contributed by atoms with Gasteiger partial charge in [-0.05, 0) is 24.0 Å². The Bertz CT molecular complexity index is 828. The fraction of sp³-hybridized carbons (Fsp3) is 0.476. The van der Waals surface area contributed by atoms with Crippen LogP contribution in [0.4, 0.5) is 0 Å². The van der Waals surface area contributed by atoms with E-state index < -0.39 is 17.9 Å². The molecular formula is C21H29N3O4. The van der Waals surface area contributed by atoms with Gasteiger partial charge in [-0.2, -0.15) is 0 Å². The van der Waals surface area contributed by atoms with Gasteiger partial charge in [-0.15, -0.1) is 0 Å². The van der Waals surface area contributed by atoms with Crippen molar-refractivity contribution >= 4 is 28.7 Å². The maximum atomic E-state index is 12.8. The van der Waals surface area contributed by atoms with Gasteiger partial charge in [0, 0.05) is 36.5 Å². The van der Waals surface area contributed by atoms with Crippen molar-refractivity contribution in [3.05, 3.63) is 36.0 Å². The number of hydrogen-bond donors (Lipinski definition) is 3. The summed E-state index contributed by atoms with van der Waals surface area (Å²) in [6.07, 6.45) is 2.73. The molecule has 0 bridgehead atoms. The fourth-order valence-electron chi connectivity index (χ4n) is 3.33. The van der Waals surface area contributed by atoms with Crippen LogP contribution in [0.5, 0.6) is 0 Å². The molecule has 152 valence electrons. The number of likely N-dealkylation sites (N-methyl/N-ethyl adjacent to an activating group) is 1. The Morgan fingerprint density at radius 3 is 2.50 bits per heavy atom. The zero-order valence-corrected chi connectivity index (χ0v) is 16.9. The highest BCUT2D eigenvalue weighted by Crippen LogP contribution is 2.20. The average molecular weight is 387 g/mol. The Balaban J connectivity index is 2.18. The molecule has 0 aliphatic carbocycles. The van der Waals surface area contributed by atoms with Crippen LogP contribution in [-0.4, -0.2) is 43.0 Å². The van der Waals surface area contributed by atoms with Crippen molar-refractivity contribution in [1.82, 2.24) is 15.6 Å². The monoisotopic (exact) mass is 387 g/mol. The predicted molar refractivity (Wildman–Crippen MR) is 108 cm³/mol. The largest absolute Gasteiger partial charge is 0.469 e. The van der Waals surface area contributed by atoms with Crippen LogP contribution in [-0.2, 0) is 25.5 Å². The number of fused-ring (bicyclic) bond motifs is 1. The van der Waals surface area contributed by atoms with Crippen molar-refractivity contribution < 1.29 is 19.1 Å². The first-order valence-corrected chi connectivity index (χ1v) is 9.49. The molecule has 1 aromatic heterocycles. The molecule has 0 saturated heterocycles. The van der Waals surface area contributed by atoms with Crippen molar-refractivity contribution in [2.75, 3.05) is 14.2 Å². The number of benzene rings is 1. The topological polar surface area (TPSA) is 100 Å². The number of nitrogens with one attached hydrogen (secondary N) is 3. The Morgan fingerprint density at radius 2 is 1.86 bits per heavy atom. The number of rotatable bonds is 9. The van der Waals surface area contributed by atoms with Gasteiger partial charge in [0.15, 0.2) is 0 Å². The SMILES string of the molecule is CNC(=O)[C@H](Cc1c[nH]c2ccccc12)NC(=O)C(CC(=O)OC)CC(C)C. The summed E-state index contributed by atoms with van der Waals surface area (Å²) in [5, 5.41) is 6.45. The first kappa shape index (κ1) is 21.5. The number of carbonyl (C=O) groups is 3. The lowest BCUT2D eigenvalue weighted by atomic mass is 9.92. The van der Waals surface area contributed by atoms with Gasteiger partial charge in [0.25, 0.3) is 0 Å². The Hall–Kier alpha value is -2.83. The molecule has 7 nitrogen and oxygen atoms in total. The molecule has 0 aliphatic rings. The van der Waals surface area contributed by atoms with Crippen LogP contribution >= 0.6 is 0 Å². The van der Waals surface area contributed by atoms with E-state index in [1.165, 1.54) is 14.2 Å². The van der Waals surface area contributed by atoms with E-state index in [1.807, 2.05) is 44.3 Å². The summed E-state index contributed by atoms with van der Waals surface area (Å²) < 4.78 is 4.72. The van der Waals surface area contributed by atoms with Gasteiger partial charge in [0.1, 0.15) is 6.04 Å². The molecule has 1 heterocycles. The first-order chi connectivity index (χ1) is 13.3. The maximum Gasteiger partial charge on any atom is 0.306 e. The molecule has 28 heavy (non-hydrogen) atoms.